The van der Waals surface area contributed by atoms with Crippen LogP contribution in [0.3, 0.4) is 0 Å². The standard InChI is InChI=1S/C31H34Cl2N2O5S2/c1-31(2,3)40-30(37)26(16-20-11-13-21(14-12-20)25-8-5-6-10-28(25)41-4)34-29(36)27-9-7-15-35(27)42(38,39)24-18-22(32)17-23(33)19-24/h5-6,8,10-14,17-19,26-27H,7,9,15-16H2,1-4H3,(H,34,36)/t26-,27-/m0/s1. The van der Waals surface area contributed by atoms with Crippen molar-refractivity contribution in [2.45, 2.75) is 67.5 Å². The molecular formula is C31H34Cl2N2O5S2. The molecule has 4 rings (SSSR count). The maximum Gasteiger partial charge on any atom is 0.329 e. The van der Waals surface area contributed by atoms with Crippen molar-refractivity contribution >= 4 is 56.9 Å². The summed E-state index contributed by atoms with van der Waals surface area (Å²) in [6.07, 6.45) is 3.00. The number of thioether (sulfide) groups is 1. The highest BCUT2D eigenvalue weighted by molar-refractivity contribution is 7.98. The van der Waals surface area contributed by atoms with Crippen LogP contribution in [0.4, 0.5) is 0 Å². The van der Waals surface area contributed by atoms with Crippen LogP contribution in [-0.2, 0) is 30.8 Å². The number of rotatable bonds is 9. The Kier molecular flexibility index (Phi) is 10.3. The average Bonchev–Trinajstić information content (AvgIpc) is 3.43. The lowest BCUT2D eigenvalue weighted by molar-refractivity contribution is -0.158. The molecule has 0 aliphatic carbocycles. The third-order valence-electron chi connectivity index (χ3n) is 6.77. The van der Waals surface area contributed by atoms with E-state index in [9.17, 15) is 18.0 Å². The second-order valence-corrected chi connectivity index (χ2v) is 14.7. The van der Waals surface area contributed by atoms with Crippen molar-refractivity contribution in [3.8, 4) is 11.1 Å². The zero-order chi connectivity index (χ0) is 30.7. The van der Waals surface area contributed by atoms with Crippen molar-refractivity contribution in [3.05, 3.63) is 82.3 Å². The summed E-state index contributed by atoms with van der Waals surface area (Å²) < 4.78 is 33.7. The summed E-state index contributed by atoms with van der Waals surface area (Å²) in [5.74, 6) is -1.16. The molecule has 0 radical (unpaired) electrons. The number of halogens is 2. The van der Waals surface area contributed by atoms with Crippen LogP contribution in [0.5, 0.6) is 0 Å². The summed E-state index contributed by atoms with van der Waals surface area (Å²) in [6.45, 7) is 5.41. The van der Waals surface area contributed by atoms with E-state index < -0.39 is 39.6 Å². The van der Waals surface area contributed by atoms with Crippen molar-refractivity contribution < 1.29 is 22.7 Å². The van der Waals surface area contributed by atoms with Crippen LogP contribution < -0.4 is 5.32 Å². The number of esters is 1. The van der Waals surface area contributed by atoms with Crippen molar-refractivity contribution in [1.82, 2.24) is 9.62 Å². The van der Waals surface area contributed by atoms with E-state index in [4.69, 9.17) is 27.9 Å². The molecule has 1 heterocycles. The normalized spacial score (nSPS) is 16.7. The average molecular weight is 650 g/mol. The number of carbonyl (C=O) groups excluding carboxylic acids is 2. The molecule has 0 aromatic heterocycles. The summed E-state index contributed by atoms with van der Waals surface area (Å²) in [6, 6.07) is 18.0. The Morgan fingerprint density at radius 3 is 2.31 bits per heavy atom. The SMILES string of the molecule is CSc1ccccc1-c1ccc(C[C@H](NC(=O)[C@@H]2CCCN2S(=O)(=O)c2cc(Cl)cc(Cl)c2)C(=O)OC(C)(C)C)cc1. The van der Waals surface area contributed by atoms with Crippen molar-refractivity contribution in [2.75, 3.05) is 12.8 Å². The lowest BCUT2D eigenvalue weighted by atomic mass is 10.00. The molecule has 7 nitrogen and oxygen atoms in total. The number of sulfonamides is 1. The Morgan fingerprint density at radius 2 is 1.69 bits per heavy atom. The fraction of sp³-hybridized carbons (Fsp3) is 0.355. The van der Waals surface area contributed by atoms with Crippen LogP contribution in [0, 0.1) is 0 Å². The van der Waals surface area contributed by atoms with Gasteiger partial charge in [-0.05, 0) is 80.8 Å². The van der Waals surface area contributed by atoms with Gasteiger partial charge in [0, 0.05) is 27.9 Å². The van der Waals surface area contributed by atoms with E-state index in [1.165, 1.54) is 18.2 Å². The molecule has 1 amide bonds. The molecule has 1 saturated heterocycles. The third kappa shape index (κ3) is 7.88. The molecule has 0 spiro atoms. The van der Waals surface area contributed by atoms with Gasteiger partial charge in [-0.1, -0.05) is 65.7 Å². The molecule has 1 aliphatic rings. The van der Waals surface area contributed by atoms with Crippen molar-refractivity contribution in [1.29, 1.82) is 0 Å². The minimum absolute atomic E-state index is 0.0912. The highest BCUT2D eigenvalue weighted by Gasteiger charge is 2.41. The van der Waals surface area contributed by atoms with Crippen molar-refractivity contribution in [2.24, 2.45) is 0 Å². The molecule has 0 saturated carbocycles. The fourth-order valence-corrected chi connectivity index (χ4v) is 7.88. The minimum Gasteiger partial charge on any atom is -0.458 e. The first-order valence-corrected chi connectivity index (χ1v) is 16.9. The molecule has 11 heteroatoms. The molecule has 42 heavy (non-hydrogen) atoms. The Bertz CT molecular complexity index is 1540. The van der Waals surface area contributed by atoms with Gasteiger partial charge in [0.2, 0.25) is 15.9 Å². The summed E-state index contributed by atoms with van der Waals surface area (Å²) in [4.78, 5) is 27.9. The number of ether oxygens (including phenoxy) is 1. The number of carbonyl (C=O) groups is 2. The van der Waals surface area contributed by atoms with E-state index in [-0.39, 0.29) is 27.9 Å². The van der Waals surface area contributed by atoms with Gasteiger partial charge in [0.25, 0.3) is 0 Å². The monoisotopic (exact) mass is 648 g/mol. The predicted octanol–water partition coefficient (Wildman–Crippen LogP) is 6.60. The molecule has 224 valence electrons. The number of benzene rings is 3. The Hall–Kier alpha value is -2.56. The van der Waals surface area contributed by atoms with Gasteiger partial charge in [0.15, 0.2) is 0 Å². The van der Waals surface area contributed by atoms with Gasteiger partial charge < -0.3 is 10.1 Å². The maximum absolute atomic E-state index is 13.6. The minimum atomic E-state index is -4.07. The van der Waals surface area contributed by atoms with E-state index in [0.717, 1.165) is 25.9 Å². The van der Waals surface area contributed by atoms with E-state index in [1.54, 1.807) is 32.5 Å². The molecule has 1 N–H and O–H groups in total. The van der Waals surface area contributed by atoms with Crippen LogP contribution in [0.2, 0.25) is 10.0 Å². The van der Waals surface area contributed by atoms with Gasteiger partial charge in [-0.2, -0.15) is 4.31 Å². The second-order valence-electron chi connectivity index (χ2n) is 11.1. The quantitative estimate of drug-likeness (QED) is 0.207. The smallest absolute Gasteiger partial charge is 0.329 e. The maximum atomic E-state index is 13.6. The third-order valence-corrected chi connectivity index (χ3v) is 9.89. The molecule has 0 bridgehead atoms. The highest BCUT2D eigenvalue weighted by Crippen LogP contribution is 2.31. The van der Waals surface area contributed by atoms with Crippen LogP contribution in [0.1, 0.15) is 39.2 Å². The van der Waals surface area contributed by atoms with Gasteiger partial charge in [-0.25, -0.2) is 13.2 Å². The Morgan fingerprint density at radius 1 is 1.05 bits per heavy atom. The van der Waals surface area contributed by atoms with Crippen LogP contribution in [0.15, 0.2) is 76.5 Å². The first-order valence-electron chi connectivity index (χ1n) is 13.5. The largest absolute Gasteiger partial charge is 0.458 e. The molecule has 0 unspecified atom stereocenters. The molecule has 1 fully saturated rings. The molecular weight excluding hydrogens is 615 g/mol. The summed E-state index contributed by atoms with van der Waals surface area (Å²) >= 11 is 13.8. The van der Waals surface area contributed by atoms with E-state index in [2.05, 4.69) is 17.4 Å². The van der Waals surface area contributed by atoms with Crippen LogP contribution in [-0.4, -0.2) is 55.1 Å². The highest BCUT2D eigenvalue weighted by atomic mass is 35.5. The number of hydrogen-bond donors (Lipinski definition) is 1. The Labute approximate surface area is 262 Å². The van der Waals surface area contributed by atoms with Gasteiger partial charge in [0.05, 0.1) is 4.90 Å². The molecule has 2 atom stereocenters. The molecule has 3 aromatic rings. The van der Waals surface area contributed by atoms with Crippen LogP contribution >= 0.6 is 35.0 Å². The molecule has 3 aromatic carbocycles. The van der Waals surface area contributed by atoms with Gasteiger partial charge in [0.1, 0.15) is 17.7 Å². The number of nitrogens with zero attached hydrogens (tertiary/aromatic N) is 1. The van der Waals surface area contributed by atoms with Gasteiger partial charge in [-0.15, -0.1) is 11.8 Å². The zero-order valence-corrected chi connectivity index (χ0v) is 27.0. The zero-order valence-electron chi connectivity index (χ0n) is 23.9. The molecule has 1 aliphatic heterocycles. The predicted molar refractivity (Wildman–Crippen MR) is 169 cm³/mol. The number of amides is 1. The summed E-state index contributed by atoms with van der Waals surface area (Å²) in [7, 11) is -4.07. The van der Waals surface area contributed by atoms with E-state index in [1.807, 2.05) is 42.7 Å². The first kappa shape index (κ1) is 32.4. The second kappa shape index (κ2) is 13.4. The first-order chi connectivity index (χ1) is 19.8. The lowest BCUT2D eigenvalue weighted by Gasteiger charge is -2.28. The fourth-order valence-electron chi connectivity index (χ4n) is 4.88. The summed E-state index contributed by atoms with van der Waals surface area (Å²) in [5.41, 5.74) is 2.19. The topological polar surface area (TPSA) is 92.8 Å². The van der Waals surface area contributed by atoms with E-state index >= 15 is 0 Å². The lowest BCUT2D eigenvalue weighted by Crippen LogP contribution is -2.52. The summed E-state index contributed by atoms with van der Waals surface area (Å²) in [5, 5.41) is 3.15. The van der Waals surface area contributed by atoms with E-state index in [0.29, 0.717) is 12.8 Å². The number of hydrogen-bond acceptors (Lipinski definition) is 6. The van der Waals surface area contributed by atoms with Gasteiger partial charge in [-0.3, -0.25) is 4.79 Å². The van der Waals surface area contributed by atoms with Gasteiger partial charge >= 0.3 is 5.97 Å². The number of nitrogens with one attached hydrogen (secondary N) is 1. The van der Waals surface area contributed by atoms with Crippen molar-refractivity contribution in [3.63, 3.8) is 0 Å². The Balaban J connectivity index is 1.56. The van der Waals surface area contributed by atoms with Crippen LogP contribution in [0.25, 0.3) is 11.1 Å².